The molecule has 25 heavy (non-hydrogen) atoms. The molecule has 0 bridgehead atoms. The molecule has 3 aromatic rings. The number of hydrogen-bond donors (Lipinski definition) is 1. The molecule has 0 saturated carbocycles. The quantitative estimate of drug-likeness (QED) is 0.749. The Morgan fingerprint density at radius 2 is 1.48 bits per heavy atom. The number of benzene rings is 3. The zero-order valence-electron chi connectivity index (χ0n) is 13.4. The van der Waals surface area contributed by atoms with Crippen LogP contribution in [0.1, 0.15) is 23.4 Å². The first-order valence-corrected chi connectivity index (χ1v) is 8.06. The highest BCUT2D eigenvalue weighted by molar-refractivity contribution is 5.58. The largest absolute Gasteiger partial charge is 0.507 e. The topological polar surface area (TPSA) is 56.5 Å². The van der Waals surface area contributed by atoms with Crippen molar-refractivity contribution in [1.29, 1.82) is 5.26 Å². The Balaban J connectivity index is 1.92. The van der Waals surface area contributed by atoms with Crippen molar-refractivity contribution >= 4 is 5.69 Å². The van der Waals surface area contributed by atoms with Gasteiger partial charge >= 0.3 is 0 Å². The summed E-state index contributed by atoms with van der Waals surface area (Å²) in [6, 6.07) is 26.1. The lowest BCUT2D eigenvalue weighted by Gasteiger charge is -2.41. The SMILES string of the molecule is N#C[C@@H]1c2ccccc2O[C@H](c2ccccc2O)N1c1ccccc1. The molecule has 4 heteroatoms. The molecule has 1 N–H and O–H groups in total. The van der Waals surface area contributed by atoms with Gasteiger partial charge in [0.25, 0.3) is 0 Å². The van der Waals surface area contributed by atoms with Crippen LogP contribution in [-0.4, -0.2) is 5.11 Å². The first kappa shape index (κ1) is 15.1. The van der Waals surface area contributed by atoms with Crippen molar-refractivity contribution in [3.63, 3.8) is 0 Å². The number of rotatable bonds is 2. The van der Waals surface area contributed by atoms with Gasteiger partial charge in [0, 0.05) is 11.3 Å². The molecular formula is C21H16N2O2. The highest BCUT2D eigenvalue weighted by Crippen LogP contribution is 2.45. The van der Waals surface area contributed by atoms with E-state index in [1.807, 2.05) is 71.6 Å². The fourth-order valence-electron chi connectivity index (χ4n) is 3.20. The van der Waals surface area contributed by atoms with E-state index in [-0.39, 0.29) is 5.75 Å². The van der Waals surface area contributed by atoms with Crippen molar-refractivity contribution in [2.75, 3.05) is 4.90 Å². The standard InChI is InChI=1S/C21H16N2O2/c22-14-18-16-10-5-7-13-20(16)25-21(17-11-4-6-12-19(17)24)23(18)15-8-2-1-3-9-15/h1-13,18,21,24H/t18-,21-/m1/s1. The number of fused-ring (bicyclic) bond motifs is 1. The number of anilines is 1. The smallest absolute Gasteiger partial charge is 0.203 e. The third-order valence-electron chi connectivity index (χ3n) is 4.36. The lowest BCUT2D eigenvalue weighted by molar-refractivity contribution is 0.168. The highest BCUT2D eigenvalue weighted by Gasteiger charge is 2.38. The van der Waals surface area contributed by atoms with Crippen molar-refractivity contribution in [3.05, 3.63) is 90.0 Å². The van der Waals surface area contributed by atoms with Gasteiger partial charge in [0.05, 0.1) is 11.6 Å². The Kier molecular flexibility index (Phi) is 3.75. The molecule has 0 spiro atoms. The van der Waals surface area contributed by atoms with Crippen molar-refractivity contribution in [1.82, 2.24) is 0 Å². The van der Waals surface area contributed by atoms with Crippen LogP contribution in [0.5, 0.6) is 11.5 Å². The molecule has 122 valence electrons. The second-order valence-electron chi connectivity index (χ2n) is 5.84. The number of phenols is 1. The zero-order valence-corrected chi connectivity index (χ0v) is 13.4. The maximum Gasteiger partial charge on any atom is 0.203 e. The van der Waals surface area contributed by atoms with Crippen LogP contribution in [0.4, 0.5) is 5.69 Å². The third kappa shape index (κ3) is 2.56. The van der Waals surface area contributed by atoms with E-state index in [9.17, 15) is 10.4 Å². The van der Waals surface area contributed by atoms with E-state index in [0.717, 1.165) is 11.3 Å². The van der Waals surface area contributed by atoms with Gasteiger partial charge in [0.2, 0.25) is 6.23 Å². The fraction of sp³-hybridized carbons (Fsp3) is 0.0952. The average molecular weight is 328 g/mol. The van der Waals surface area contributed by atoms with Gasteiger partial charge in [-0.25, -0.2) is 0 Å². The lowest BCUT2D eigenvalue weighted by atomic mass is 9.99. The molecule has 4 nitrogen and oxygen atoms in total. The minimum atomic E-state index is -0.594. The van der Waals surface area contributed by atoms with Crippen LogP contribution in [0, 0.1) is 11.3 Å². The predicted molar refractivity (Wildman–Crippen MR) is 95.2 cm³/mol. The summed E-state index contributed by atoms with van der Waals surface area (Å²) in [6.07, 6.45) is -0.594. The molecule has 1 heterocycles. The summed E-state index contributed by atoms with van der Waals surface area (Å²) in [5, 5.41) is 20.2. The monoisotopic (exact) mass is 328 g/mol. The summed E-state index contributed by atoms with van der Waals surface area (Å²) in [6.45, 7) is 0. The molecule has 1 aliphatic heterocycles. The minimum absolute atomic E-state index is 0.143. The first-order chi connectivity index (χ1) is 12.3. The summed E-state index contributed by atoms with van der Waals surface area (Å²) in [5.74, 6) is 0.805. The van der Waals surface area contributed by atoms with Crippen LogP contribution < -0.4 is 9.64 Å². The number of nitrogens with zero attached hydrogens (tertiary/aromatic N) is 2. The molecule has 0 unspecified atom stereocenters. The van der Waals surface area contributed by atoms with Crippen molar-refractivity contribution < 1.29 is 9.84 Å². The van der Waals surface area contributed by atoms with Gasteiger partial charge in [-0.05, 0) is 30.3 Å². The third-order valence-corrected chi connectivity index (χ3v) is 4.36. The van der Waals surface area contributed by atoms with Gasteiger partial charge in [-0.3, -0.25) is 0 Å². The Morgan fingerprint density at radius 1 is 0.840 bits per heavy atom. The zero-order chi connectivity index (χ0) is 17.2. The van der Waals surface area contributed by atoms with Crippen LogP contribution in [0.2, 0.25) is 0 Å². The molecule has 0 fully saturated rings. The van der Waals surface area contributed by atoms with Gasteiger partial charge in [0.1, 0.15) is 17.5 Å². The Bertz CT molecular complexity index is 934. The minimum Gasteiger partial charge on any atom is -0.507 e. The summed E-state index contributed by atoms with van der Waals surface area (Å²) in [5.41, 5.74) is 2.30. The lowest BCUT2D eigenvalue weighted by Crippen LogP contribution is -2.39. The van der Waals surface area contributed by atoms with Gasteiger partial charge < -0.3 is 14.7 Å². The van der Waals surface area contributed by atoms with E-state index in [1.165, 1.54) is 0 Å². The molecule has 0 aliphatic carbocycles. The van der Waals surface area contributed by atoms with E-state index < -0.39 is 12.3 Å². The van der Waals surface area contributed by atoms with E-state index in [0.29, 0.717) is 11.3 Å². The highest BCUT2D eigenvalue weighted by atomic mass is 16.5. The van der Waals surface area contributed by atoms with E-state index >= 15 is 0 Å². The second-order valence-corrected chi connectivity index (χ2v) is 5.84. The maximum absolute atomic E-state index is 10.3. The van der Waals surface area contributed by atoms with Crippen LogP contribution in [0.3, 0.4) is 0 Å². The van der Waals surface area contributed by atoms with Gasteiger partial charge in [-0.15, -0.1) is 0 Å². The van der Waals surface area contributed by atoms with Crippen LogP contribution in [0.15, 0.2) is 78.9 Å². The molecule has 0 radical (unpaired) electrons. The molecule has 4 rings (SSSR count). The van der Waals surface area contributed by atoms with Crippen LogP contribution in [-0.2, 0) is 0 Å². The normalized spacial score (nSPS) is 18.8. The van der Waals surface area contributed by atoms with Gasteiger partial charge in [-0.2, -0.15) is 5.26 Å². The fourth-order valence-corrected chi connectivity index (χ4v) is 3.20. The number of ether oxygens (including phenoxy) is 1. The van der Waals surface area contributed by atoms with Crippen molar-refractivity contribution in [3.8, 4) is 17.6 Å². The molecule has 1 aliphatic rings. The Labute approximate surface area is 146 Å². The average Bonchev–Trinajstić information content (AvgIpc) is 2.67. The Morgan fingerprint density at radius 3 is 2.20 bits per heavy atom. The van der Waals surface area contributed by atoms with Crippen molar-refractivity contribution in [2.24, 2.45) is 0 Å². The number of hydrogen-bond acceptors (Lipinski definition) is 4. The van der Waals surface area contributed by atoms with E-state index in [2.05, 4.69) is 6.07 Å². The molecule has 0 saturated heterocycles. The predicted octanol–water partition coefficient (Wildman–Crippen LogP) is 4.55. The summed E-state index contributed by atoms with van der Waals surface area (Å²) in [7, 11) is 0. The van der Waals surface area contributed by atoms with Crippen molar-refractivity contribution in [2.45, 2.75) is 12.3 Å². The summed E-state index contributed by atoms with van der Waals surface area (Å²) < 4.78 is 6.21. The number of nitriles is 1. The summed E-state index contributed by atoms with van der Waals surface area (Å²) >= 11 is 0. The maximum atomic E-state index is 10.3. The number of phenolic OH excluding ortho intramolecular Hbond substituents is 1. The molecule has 2 atom stereocenters. The Hall–Kier alpha value is -3.45. The number of para-hydroxylation sites is 3. The second kappa shape index (κ2) is 6.21. The van der Waals surface area contributed by atoms with Gasteiger partial charge in [0.15, 0.2) is 0 Å². The molecule has 0 aromatic heterocycles. The number of aromatic hydroxyl groups is 1. The van der Waals surface area contributed by atoms with E-state index in [4.69, 9.17) is 4.74 Å². The molecule has 3 aromatic carbocycles. The van der Waals surface area contributed by atoms with Crippen LogP contribution >= 0.6 is 0 Å². The first-order valence-electron chi connectivity index (χ1n) is 8.06. The molecular weight excluding hydrogens is 312 g/mol. The summed E-state index contributed by atoms with van der Waals surface area (Å²) in [4.78, 5) is 1.90. The van der Waals surface area contributed by atoms with Crippen LogP contribution in [0.25, 0.3) is 0 Å². The van der Waals surface area contributed by atoms with Gasteiger partial charge in [-0.1, -0.05) is 48.5 Å². The molecule has 0 amide bonds. The van der Waals surface area contributed by atoms with E-state index in [1.54, 1.807) is 12.1 Å².